The van der Waals surface area contributed by atoms with E-state index >= 15 is 0 Å². The molecule has 34 heavy (non-hydrogen) atoms. The van der Waals surface area contributed by atoms with Crippen molar-refractivity contribution in [2.75, 3.05) is 26.3 Å². The average Bonchev–Trinajstić information content (AvgIpc) is 3.29. The highest BCUT2D eigenvalue weighted by Crippen LogP contribution is 2.35. The van der Waals surface area contributed by atoms with E-state index < -0.39 is 30.5 Å². The second kappa shape index (κ2) is 11.4. The van der Waals surface area contributed by atoms with Gasteiger partial charge in [-0.25, -0.2) is 0 Å². The standard InChI is InChI=1S/C26H34ClNO6/c1-2-33-20-8-5-16(6-9-20)12-18-13-17(7-10-21(18)27)26-25(32)24(31)23(30)22(34-26)14-28-11-3-4-19(28)15-29/h5-10,13,19,22-26,29-32H,2-4,11-12,14-15H2,1H3/t19-,22+,23+,24-,25+,26-/m0/s1. The minimum absolute atomic E-state index is 0.0227. The fourth-order valence-electron chi connectivity index (χ4n) is 4.95. The van der Waals surface area contributed by atoms with Crippen LogP contribution in [0.25, 0.3) is 0 Å². The van der Waals surface area contributed by atoms with Gasteiger partial charge in [0, 0.05) is 17.6 Å². The molecular formula is C26H34ClNO6. The molecule has 0 radical (unpaired) electrons. The lowest BCUT2D eigenvalue weighted by Crippen LogP contribution is -2.57. The normalized spacial score (nSPS) is 29.9. The highest BCUT2D eigenvalue weighted by Gasteiger charge is 2.45. The third kappa shape index (κ3) is 5.57. The maximum Gasteiger partial charge on any atom is 0.119 e. The molecule has 4 rings (SSSR count). The summed E-state index contributed by atoms with van der Waals surface area (Å²) in [6.07, 6.45) is -2.91. The molecular weight excluding hydrogens is 458 g/mol. The molecule has 0 saturated carbocycles. The highest BCUT2D eigenvalue weighted by molar-refractivity contribution is 6.31. The molecule has 2 aromatic carbocycles. The summed E-state index contributed by atoms with van der Waals surface area (Å²) in [5.74, 6) is 0.810. The van der Waals surface area contributed by atoms with E-state index in [0.29, 0.717) is 30.2 Å². The van der Waals surface area contributed by atoms with E-state index in [1.165, 1.54) is 0 Å². The largest absolute Gasteiger partial charge is 0.494 e. The number of hydrogen-bond donors (Lipinski definition) is 4. The lowest BCUT2D eigenvalue weighted by molar-refractivity contribution is -0.228. The molecule has 2 fully saturated rings. The first-order chi connectivity index (χ1) is 16.4. The van der Waals surface area contributed by atoms with Gasteiger partial charge in [-0.3, -0.25) is 4.90 Å². The number of halogens is 1. The van der Waals surface area contributed by atoms with Crippen molar-refractivity contribution in [1.29, 1.82) is 0 Å². The molecule has 2 heterocycles. The van der Waals surface area contributed by atoms with Crippen LogP contribution in [-0.2, 0) is 11.2 Å². The van der Waals surface area contributed by atoms with Crippen LogP contribution in [0.2, 0.25) is 5.02 Å². The van der Waals surface area contributed by atoms with Crippen LogP contribution < -0.4 is 4.74 Å². The molecule has 0 bridgehead atoms. The van der Waals surface area contributed by atoms with Gasteiger partial charge in [-0.15, -0.1) is 0 Å². The molecule has 186 valence electrons. The SMILES string of the molecule is CCOc1ccc(Cc2cc([C@@H]3O[C@H](CN4CCC[C@H]4CO)[C@@H](O)[C@H](O)[C@H]3O)ccc2Cl)cc1. The Kier molecular flexibility index (Phi) is 8.47. The number of nitrogens with zero attached hydrogens (tertiary/aromatic N) is 1. The fraction of sp³-hybridized carbons (Fsp3) is 0.538. The quantitative estimate of drug-likeness (QED) is 0.449. The summed E-state index contributed by atoms with van der Waals surface area (Å²) < 4.78 is 11.7. The van der Waals surface area contributed by atoms with Crippen LogP contribution in [0.4, 0.5) is 0 Å². The van der Waals surface area contributed by atoms with Crippen LogP contribution >= 0.6 is 11.6 Å². The molecule has 2 aromatic rings. The zero-order valence-electron chi connectivity index (χ0n) is 19.4. The molecule has 8 heteroatoms. The summed E-state index contributed by atoms with van der Waals surface area (Å²) in [5, 5.41) is 42.1. The third-order valence-corrected chi connectivity index (χ3v) is 7.23. The molecule has 0 amide bonds. The van der Waals surface area contributed by atoms with E-state index in [0.717, 1.165) is 36.3 Å². The lowest BCUT2D eigenvalue weighted by atomic mass is 9.89. The molecule has 0 aromatic heterocycles. The average molecular weight is 492 g/mol. The summed E-state index contributed by atoms with van der Waals surface area (Å²) >= 11 is 6.48. The van der Waals surface area contributed by atoms with Crippen molar-refractivity contribution in [3.8, 4) is 5.75 Å². The Morgan fingerprint density at radius 3 is 2.53 bits per heavy atom. The van der Waals surface area contributed by atoms with Crippen molar-refractivity contribution in [2.24, 2.45) is 0 Å². The zero-order valence-corrected chi connectivity index (χ0v) is 20.1. The van der Waals surface area contributed by atoms with Crippen LogP contribution in [0, 0.1) is 0 Å². The van der Waals surface area contributed by atoms with Gasteiger partial charge in [0.25, 0.3) is 0 Å². The number of rotatable bonds is 8. The number of aliphatic hydroxyl groups excluding tert-OH is 4. The Morgan fingerprint density at radius 2 is 1.82 bits per heavy atom. The summed E-state index contributed by atoms with van der Waals surface area (Å²) in [5.41, 5.74) is 2.62. The Balaban J connectivity index is 1.52. The minimum atomic E-state index is -1.34. The predicted octanol–water partition coefficient (Wildman–Crippen LogP) is 2.31. The van der Waals surface area contributed by atoms with Gasteiger partial charge < -0.3 is 29.9 Å². The fourth-order valence-corrected chi connectivity index (χ4v) is 5.13. The van der Waals surface area contributed by atoms with Crippen molar-refractivity contribution in [3.05, 3.63) is 64.2 Å². The monoisotopic (exact) mass is 491 g/mol. The van der Waals surface area contributed by atoms with Crippen LogP contribution in [-0.4, -0.2) is 82.1 Å². The van der Waals surface area contributed by atoms with Gasteiger partial charge in [-0.05, 0) is 67.6 Å². The topological polar surface area (TPSA) is 103 Å². The van der Waals surface area contributed by atoms with Gasteiger partial charge in [0.1, 0.15) is 30.2 Å². The first kappa shape index (κ1) is 25.4. The Morgan fingerprint density at radius 1 is 1.06 bits per heavy atom. The lowest BCUT2D eigenvalue weighted by Gasteiger charge is -2.42. The molecule has 6 atom stereocenters. The van der Waals surface area contributed by atoms with E-state index in [9.17, 15) is 20.4 Å². The Hall–Kier alpha value is -1.71. The van der Waals surface area contributed by atoms with Crippen molar-refractivity contribution in [3.63, 3.8) is 0 Å². The minimum Gasteiger partial charge on any atom is -0.494 e. The molecule has 0 unspecified atom stereocenters. The van der Waals surface area contributed by atoms with E-state index in [1.54, 1.807) is 12.1 Å². The van der Waals surface area contributed by atoms with E-state index in [1.807, 2.05) is 37.3 Å². The molecule has 0 spiro atoms. The predicted molar refractivity (Wildman–Crippen MR) is 129 cm³/mol. The zero-order chi connectivity index (χ0) is 24.2. The van der Waals surface area contributed by atoms with Gasteiger partial charge in [-0.2, -0.15) is 0 Å². The van der Waals surface area contributed by atoms with Crippen molar-refractivity contribution in [2.45, 2.75) is 62.7 Å². The molecule has 2 aliphatic rings. The Bertz CT molecular complexity index is 941. The first-order valence-corrected chi connectivity index (χ1v) is 12.3. The molecule has 4 N–H and O–H groups in total. The summed E-state index contributed by atoms with van der Waals surface area (Å²) in [6.45, 7) is 3.77. The number of ether oxygens (including phenoxy) is 2. The maximum absolute atomic E-state index is 10.7. The number of aliphatic hydroxyl groups is 4. The van der Waals surface area contributed by atoms with Gasteiger partial charge in [0.2, 0.25) is 0 Å². The first-order valence-electron chi connectivity index (χ1n) is 12.0. The molecule has 2 aliphatic heterocycles. The van der Waals surface area contributed by atoms with Crippen LogP contribution in [0.15, 0.2) is 42.5 Å². The maximum atomic E-state index is 10.7. The van der Waals surface area contributed by atoms with Crippen molar-refractivity contribution < 1.29 is 29.9 Å². The second-order valence-electron chi connectivity index (χ2n) is 9.15. The van der Waals surface area contributed by atoms with Crippen LogP contribution in [0.1, 0.15) is 42.6 Å². The Labute approximate surface area is 205 Å². The number of benzene rings is 2. The summed E-state index contributed by atoms with van der Waals surface area (Å²) in [4.78, 5) is 2.08. The van der Waals surface area contributed by atoms with E-state index in [2.05, 4.69) is 4.90 Å². The second-order valence-corrected chi connectivity index (χ2v) is 9.55. The van der Waals surface area contributed by atoms with Crippen molar-refractivity contribution in [1.82, 2.24) is 4.90 Å². The van der Waals surface area contributed by atoms with Gasteiger partial charge in [0.15, 0.2) is 0 Å². The van der Waals surface area contributed by atoms with E-state index in [-0.39, 0.29) is 12.6 Å². The molecule has 7 nitrogen and oxygen atoms in total. The number of likely N-dealkylation sites (tertiary alicyclic amines) is 1. The molecule has 0 aliphatic carbocycles. The van der Waals surface area contributed by atoms with Crippen molar-refractivity contribution >= 4 is 11.6 Å². The van der Waals surface area contributed by atoms with E-state index in [4.69, 9.17) is 21.1 Å². The van der Waals surface area contributed by atoms with Crippen LogP contribution in [0.5, 0.6) is 5.75 Å². The number of hydrogen-bond acceptors (Lipinski definition) is 7. The van der Waals surface area contributed by atoms with Gasteiger partial charge >= 0.3 is 0 Å². The smallest absolute Gasteiger partial charge is 0.119 e. The third-order valence-electron chi connectivity index (χ3n) is 6.86. The van der Waals surface area contributed by atoms with Gasteiger partial charge in [-0.1, -0.05) is 35.9 Å². The highest BCUT2D eigenvalue weighted by atomic mass is 35.5. The molecule has 2 saturated heterocycles. The van der Waals surface area contributed by atoms with Gasteiger partial charge in [0.05, 0.1) is 19.3 Å². The summed E-state index contributed by atoms with van der Waals surface area (Å²) in [7, 11) is 0. The summed E-state index contributed by atoms with van der Waals surface area (Å²) in [6, 6.07) is 13.3. The van der Waals surface area contributed by atoms with Crippen LogP contribution in [0.3, 0.4) is 0 Å².